The molecule has 0 radical (unpaired) electrons. The Morgan fingerprint density at radius 1 is 1.47 bits per heavy atom. The minimum atomic E-state index is -0.188. The summed E-state index contributed by atoms with van der Waals surface area (Å²) in [5, 5.41) is 8.56. The molecule has 0 aromatic carbocycles. The smallest absolute Gasteiger partial charge is 0.280 e. The number of carbonyl (C=O) groups is 1. The van der Waals surface area contributed by atoms with E-state index in [4.69, 9.17) is 4.52 Å². The van der Waals surface area contributed by atoms with Crippen LogP contribution < -0.4 is 5.32 Å². The second-order valence-corrected chi connectivity index (χ2v) is 4.67. The molecule has 2 heterocycles. The molecular weight excluding hydrogens is 240 g/mol. The maximum Gasteiger partial charge on any atom is 0.280 e. The molecule has 1 amide bonds. The van der Waals surface area contributed by atoms with Crippen molar-refractivity contribution in [2.45, 2.75) is 26.8 Å². The van der Waals surface area contributed by atoms with Crippen LogP contribution in [0, 0.1) is 6.92 Å². The Balaban J connectivity index is 2.19. The van der Waals surface area contributed by atoms with Gasteiger partial charge in [-0.2, -0.15) is 4.98 Å². The van der Waals surface area contributed by atoms with E-state index < -0.39 is 0 Å². The third-order valence-corrected chi connectivity index (χ3v) is 2.71. The molecule has 2 aromatic heterocycles. The fraction of sp³-hybridized carbons (Fsp3) is 0.400. The van der Waals surface area contributed by atoms with E-state index in [9.17, 15) is 4.79 Å². The SMILES string of the molecule is Cc1noc(-c2csc(C(=O)NC(C)C)n2)n1. The lowest BCUT2D eigenvalue weighted by Gasteiger charge is -2.04. The van der Waals surface area contributed by atoms with Crippen LogP contribution in [0.1, 0.15) is 29.5 Å². The van der Waals surface area contributed by atoms with Crippen LogP contribution in [0.15, 0.2) is 9.90 Å². The Kier molecular flexibility index (Phi) is 3.19. The molecule has 0 bridgehead atoms. The Hall–Kier alpha value is -1.76. The van der Waals surface area contributed by atoms with E-state index in [0.717, 1.165) is 0 Å². The first-order valence-corrected chi connectivity index (χ1v) is 6.01. The van der Waals surface area contributed by atoms with Crippen molar-refractivity contribution >= 4 is 17.2 Å². The van der Waals surface area contributed by atoms with Gasteiger partial charge in [0.2, 0.25) is 0 Å². The number of rotatable bonds is 3. The van der Waals surface area contributed by atoms with Gasteiger partial charge < -0.3 is 9.84 Å². The van der Waals surface area contributed by atoms with E-state index in [1.54, 1.807) is 12.3 Å². The summed E-state index contributed by atoms with van der Waals surface area (Å²) in [6, 6.07) is 0.0838. The second kappa shape index (κ2) is 4.62. The van der Waals surface area contributed by atoms with Crippen molar-refractivity contribution in [3.8, 4) is 11.6 Å². The Morgan fingerprint density at radius 2 is 2.24 bits per heavy atom. The number of hydrogen-bond donors (Lipinski definition) is 1. The van der Waals surface area contributed by atoms with Crippen molar-refractivity contribution in [1.29, 1.82) is 0 Å². The molecule has 0 saturated heterocycles. The Labute approximate surface area is 102 Å². The standard InChI is InChI=1S/C10H12N4O2S/c1-5(2)11-8(15)10-13-7(4-17-10)9-12-6(3)14-16-9/h4-5H,1-3H3,(H,11,15). The van der Waals surface area contributed by atoms with Crippen LogP contribution in [0.5, 0.6) is 0 Å². The molecule has 90 valence electrons. The zero-order chi connectivity index (χ0) is 12.4. The number of carbonyl (C=O) groups excluding carboxylic acids is 1. The van der Waals surface area contributed by atoms with Crippen LogP contribution in [0.25, 0.3) is 11.6 Å². The molecule has 1 N–H and O–H groups in total. The van der Waals surface area contributed by atoms with Gasteiger partial charge in [-0.05, 0) is 20.8 Å². The summed E-state index contributed by atoms with van der Waals surface area (Å²) in [5.41, 5.74) is 0.532. The highest BCUT2D eigenvalue weighted by Crippen LogP contribution is 2.20. The number of nitrogens with one attached hydrogen (secondary N) is 1. The fourth-order valence-corrected chi connectivity index (χ4v) is 1.90. The van der Waals surface area contributed by atoms with Gasteiger partial charge in [-0.25, -0.2) is 4.98 Å². The van der Waals surface area contributed by atoms with Gasteiger partial charge in [0.1, 0.15) is 5.69 Å². The first-order valence-electron chi connectivity index (χ1n) is 5.13. The zero-order valence-electron chi connectivity index (χ0n) is 9.72. The number of hydrogen-bond acceptors (Lipinski definition) is 6. The molecule has 0 unspecified atom stereocenters. The maximum atomic E-state index is 11.7. The highest BCUT2D eigenvalue weighted by molar-refractivity contribution is 7.12. The summed E-state index contributed by atoms with van der Waals surface area (Å²) in [4.78, 5) is 19.9. The minimum Gasteiger partial charge on any atom is -0.348 e. The van der Waals surface area contributed by atoms with E-state index in [2.05, 4.69) is 20.4 Å². The molecule has 0 aliphatic rings. The molecule has 0 saturated carbocycles. The zero-order valence-corrected chi connectivity index (χ0v) is 10.5. The number of thiazole rings is 1. The molecule has 0 atom stereocenters. The first kappa shape index (κ1) is 11.7. The van der Waals surface area contributed by atoms with E-state index >= 15 is 0 Å². The lowest BCUT2D eigenvalue weighted by Crippen LogP contribution is -2.29. The molecule has 17 heavy (non-hydrogen) atoms. The molecule has 0 fully saturated rings. The maximum absolute atomic E-state index is 11.7. The van der Waals surface area contributed by atoms with Crippen molar-refractivity contribution < 1.29 is 9.32 Å². The number of nitrogens with zero attached hydrogens (tertiary/aromatic N) is 3. The van der Waals surface area contributed by atoms with Crippen LogP contribution in [-0.2, 0) is 0 Å². The summed E-state index contributed by atoms with van der Waals surface area (Å²) >= 11 is 1.25. The van der Waals surface area contributed by atoms with Gasteiger partial charge in [0.25, 0.3) is 11.8 Å². The van der Waals surface area contributed by atoms with Gasteiger partial charge in [0.05, 0.1) is 0 Å². The van der Waals surface area contributed by atoms with Crippen molar-refractivity contribution in [2.75, 3.05) is 0 Å². The predicted molar refractivity (Wildman–Crippen MR) is 62.7 cm³/mol. The molecule has 6 nitrogen and oxygen atoms in total. The summed E-state index contributed by atoms with van der Waals surface area (Å²) in [5.74, 6) is 0.691. The molecule has 0 aliphatic carbocycles. The van der Waals surface area contributed by atoms with Crippen LogP contribution in [0.3, 0.4) is 0 Å². The van der Waals surface area contributed by atoms with Gasteiger partial charge >= 0.3 is 0 Å². The van der Waals surface area contributed by atoms with Gasteiger partial charge in [-0.1, -0.05) is 5.16 Å². The number of aryl methyl sites for hydroxylation is 1. The minimum absolute atomic E-state index is 0.0838. The average molecular weight is 252 g/mol. The van der Waals surface area contributed by atoms with Gasteiger partial charge in [-0.15, -0.1) is 11.3 Å². The van der Waals surface area contributed by atoms with Crippen LogP contribution in [0.4, 0.5) is 0 Å². The number of amides is 1. The van der Waals surface area contributed by atoms with E-state index in [1.807, 2.05) is 13.8 Å². The fourth-order valence-electron chi connectivity index (χ4n) is 1.20. The van der Waals surface area contributed by atoms with E-state index in [1.165, 1.54) is 11.3 Å². The van der Waals surface area contributed by atoms with Crippen LogP contribution >= 0.6 is 11.3 Å². The normalized spacial score (nSPS) is 10.8. The van der Waals surface area contributed by atoms with E-state index in [-0.39, 0.29) is 11.9 Å². The summed E-state index contributed by atoms with van der Waals surface area (Å²) in [6.45, 7) is 5.52. The lowest BCUT2D eigenvalue weighted by atomic mass is 10.4. The van der Waals surface area contributed by atoms with Gasteiger partial charge in [0.15, 0.2) is 10.8 Å². The molecule has 0 spiro atoms. The summed E-state index contributed by atoms with van der Waals surface area (Å²) in [7, 11) is 0. The summed E-state index contributed by atoms with van der Waals surface area (Å²) < 4.78 is 4.98. The quantitative estimate of drug-likeness (QED) is 0.898. The first-order chi connectivity index (χ1) is 8.06. The Bertz CT molecular complexity index is 532. The third kappa shape index (κ3) is 2.68. The monoisotopic (exact) mass is 252 g/mol. The lowest BCUT2D eigenvalue weighted by molar-refractivity contribution is 0.0943. The van der Waals surface area contributed by atoms with Crippen LogP contribution in [0.2, 0.25) is 0 Å². The van der Waals surface area contributed by atoms with Crippen molar-refractivity contribution in [3.05, 3.63) is 16.2 Å². The Morgan fingerprint density at radius 3 is 2.82 bits per heavy atom. The molecular formula is C10H12N4O2S. The van der Waals surface area contributed by atoms with E-state index in [0.29, 0.717) is 22.4 Å². The van der Waals surface area contributed by atoms with Crippen molar-refractivity contribution in [2.24, 2.45) is 0 Å². The van der Waals surface area contributed by atoms with Crippen LogP contribution in [-0.4, -0.2) is 27.1 Å². The van der Waals surface area contributed by atoms with Crippen molar-refractivity contribution in [3.63, 3.8) is 0 Å². The van der Waals surface area contributed by atoms with Gasteiger partial charge in [0, 0.05) is 11.4 Å². The second-order valence-electron chi connectivity index (χ2n) is 3.81. The largest absolute Gasteiger partial charge is 0.348 e. The third-order valence-electron chi connectivity index (χ3n) is 1.86. The van der Waals surface area contributed by atoms with Gasteiger partial charge in [-0.3, -0.25) is 4.79 Å². The topological polar surface area (TPSA) is 80.9 Å². The van der Waals surface area contributed by atoms with Crippen molar-refractivity contribution in [1.82, 2.24) is 20.4 Å². The predicted octanol–water partition coefficient (Wildman–Crippen LogP) is 1.64. The average Bonchev–Trinajstić information content (AvgIpc) is 2.84. The highest BCUT2D eigenvalue weighted by Gasteiger charge is 2.15. The molecule has 2 rings (SSSR count). The molecule has 0 aliphatic heterocycles. The highest BCUT2D eigenvalue weighted by atomic mass is 32.1. The molecule has 2 aromatic rings. The number of aromatic nitrogens is 3. The summed E-state index contributed by atoms with van der Waals surface area (Å²) in [6.07, 6.45) is 0. The molecule has 7 heteroatoms.